The van der Waals surface area contributed by atoms with Crippen LogP contribution in [0.2, 0.25) is 0 Å². The second-order valence-electron chi connectivity index (χ2n) is 4.45. The summed E-state index contributed by atoms with van der Waals surface area (Å²) in [5, 5.41) is 3.33. The van der Waals surface area contributed by atoms with E-state index in [-0.39, 0.29) is 5.91 Å². The number of carbonyl (C=O) groups is 1. The molecule has 0 aromatic heterocycles. The molecule has 0 radical (unpaired) electrons. The Labute approximate surface area is 108 Å². The minimum atomic E-state index is 0.0659. The first-order valence-electron chi connectivity index (χ1n) is 6.46. The van der Waals surface area contributed by atoms with E-state index in [1.165, 1.54) is 0 Å². The Bertz CT molecular complexity index is 399. The van der Waals surface area contributed by atoms with Gasteiger partial charge in [-0.1, -0.05) is 12.1 Å². The van der Waals surface area contributed by atoms with Gasteiger partial charge in [0.05, 0.1) is 12.7 Å². The minimum Gasteiger partial charge on any atom is -0.496 e. The van der Waals surface area contributed by atoms with Crippen molar-refractivity contribution in [1.29, 1.82) is 0 Å². The van der Waals surface area contributed by atoms with E-state index in [1.54, 1.807) is 7.11 Å². The average Bonchev–Trinajstić information content (AvgIpc) is 2.37. The second kappa shape index (κ2) is 6.40. The second-order valence-corrected chi connectivity index (χ2v) is 4.45. The lowest BCUT2D eigenvalue weighted by atomic mass is 10.1. The molecule has 0 aliphatic carbocycles. The van der Waals surface area contributed by atoms with E-state index in [9.17, 15) is 4.79 Å². The molecular weight excluding hydrogens is 228 g/mol. The zero-order valence-corrected chi connectivity index (χ0v) is 10.8. The molecule has 1 aliphatic rings. The lowest BCUT2D eigenvalue weighted by molar-refractivity contribution is 0.0744. The maximum atomic E-state index is 12.5. The molecule has 1 fully saturated rings. The van der Waals surface area contributed by atoms with Gasteiger partial charge in [-0.3, -0.25) is 4.79 Å². The van der Waals surface area contributed by atoms with Crippen molar-refractivity contribution in [2.45, 2.75) is 12.8 Å². The first-order chi connectivity index (χ1) is 8.83. The molecule has 0 atom stereocenters. The molecule has 1 aromatic rings. The summed E-state index contributed by atoms with van der Waals surface area (Å²) in [6.07, 6.45) is 2.17. The van der Waals surface area contributed by atoms with Crippen LogP contribution in [0.3, 0.4) is 0 Å². The van der Waals surface area contributed by atoms with Crippen LogP contribution in [-0.4, -0.2) is 44.1 Å². The molecule has 18 heavy (non-hydrogen) atoms. The Morgan fingerprint density at radius 2 is 2.06 bits per heavy atom. The molecule has 1 heterocycles. The van der Waals surface area contributed by atoms with Crippen molar-refractivity contribution in [3.8, 4) is 5.75 Å². The van der Waals surface area contributed by atoms with Gasteiger partial charge in [-0.05, 0) is 31.5 Å². The van der Waals surface area contributed by atoms with Gasteiger partial charge in [-0.15, -0.1) is 0 Å². The number of ether oxygens (including phenoxy) is 1. The highest BCUT2D eigenvalue weighted by atomic mass is 16.5. The van der Waals surface area contributed by atoms with Crippen LogP contribution >= 0.6 is 0 Å². The summed E-state index contributed by atoms with van der Waals surface area (Å²) in [6, 6.07) is 7.41. The predicted octanol–water partition coefficient (Wildman–Crippen LogP) is 1.52. The Morgan fingerprint density at radius 3 is 2.89 bits per heavy atom. The van der Waals surface area contributed by atoms with Crippen molar-refractivity contribution in [2.24, 2.45) is 0 Å². The summed E-state index contributed by atoms with van der Waals surface area (Å²) in [6.45, 7) is 3.51. The quantitative estimate of drug-likeness (QED) is 0.863. The van der Waals surface area contributed by atoms with Crippen LogP contribution in [0.25, 0.3) is 0 Å². The van der Waals surface area contributed by atoms with Gasteiger partial charge in [0.2, 0.25) is 0 Å². The van der Waals surface area contributed by atoms with E-state index >= 15 is 0 Å². The van der Waals surface area contributed by atoms with Crippen LogP contribution < -0.4 is 10.1 Å². The number of hydrogen-bond donors (Lipinski definition) is 1. The molecule has 1 amide bonds. The number of carbonyl (C=O) groups excluding carboxylic acids is 1. The zero-order chi connectivity index (χ0) is 12.8. The smallest absolute Gasteiger partial charge is 0.257 e. The SMILES string of the molecule is COc1ccccc1C(=O)N1CCCCNCC1. The molecule has 1 N–H and O–H groups in total. The van der Waals surface area contributed by atoms with Crippen molar-refractivity contribution < 1.29 is 9.53 Å². The van der Waals surface area contributed by atoms with Crippen LogP contribution in [0.15, 0.2) is 24.3 Å². The Balaban J connectivity index is 2.13. The highest BCUT2D eigenvalue weighted by molar-refractivity contribution is 5.96. The van der Waals surface area contributed by atoms with E-state index < -0.39 is 0 Å². The van der Waals surface area contributed by atoms with Gasteiger partial charge in [0.25, 0.3) is 5.91 Å². The number of benzene rings is 1. The molecule has 4 heteroatoms. The molecule has 4 nitrogen and oxygen atoms in total. The van der Waals surface area contributed by atoms with E-state index in [0.29, 0.717) is 11.3 Å². The van der Waals surface area contributed by atoms with Crippen molar-refractivity contribution in [1.82, 2.24) is 10.2 Å². The van der Waals surface area contributed by atoms with Gasteiger partial charge in [-0.2, -0.15) is 0 Å². The van der Waals surface area contributed by atoms with Crippen molar-refractivity contribution in [2.75, 3.05) is 33.3 Å². The van der Waals surface area contributed by atoms with Crippen molar-refractivity contribution in [3.63, 3.8) is 0 Å². The summed E-state index contributed by atoms with van der Waals surface area (Å²) in [7, 11) is 1.60. The fraction of sp³-hybridized carbons (Fsp3) is 0.500. The third kappa shape index (κ3) is 3.01. The number of nitrogens with zero attached hydrogens (tertiary/aromatic N) is 1. The number of methoxy groups -OCH3 is 1. The fourth-order valence-electron chi connectivity index (χ4n) is 2.20. The normalized spacial score (nSPS) is 16.8. The van der Waals surface area contributed by atoms with Gasteiger partial charge in [0.1, 0.15) is 5.75 Å². The topological polar surface area (TPSA) is 41.6 Å². The molecule has 0 unspecified atom stereocenters. The lowest BCUT2D eigenvalue weighted by Gasteiger charge is -2.25. The van der Waals surface area contributed by atoms with E-state index in [0.717, 1.165) is 39.0 Å². The van der Waals surface area contributed by atoms with Gasteiger partial charge >= 0.3 is 0 Å². The van der Waals surface area contributed by atoms with Crippen molar-refractivity contribution >= 4 is 5.91 Å². The van der Waals surface area contributed by atoms with Gasteiger partial charge in [0.15, 0.2) is 0 Å². The van der Waals surface area contributed by atoms with Gasteiger partial charge in [-0.25, -0.2) is 0 Å². The molecule has 1 saturated heterocycles. The molecule has 98 valence electrons. The van der Waals surface area contributed by atoms with Crippen LogP contribution in [0.1, 0.15) is 23.2 Å². The third-order valence-electron chi connectivity index (χ3n) is 3.21. The van der Waals surface area contributed by atoms with Crippen LogP contribution in [0, 0.1) is 0 Å². The first kappa shape index (κ1) is 12.9. The maximum absolute atomic E-state index is 12.5. The summed E-state index contributed by atoms with van der Waals surface area (Å²) in [5.74, 6) is 0.716. The first-order valence-corrected chi connectivity index (χ1v) is 6.46. The molecule has 0 spiro atoms. The Kier molecular flexibility index (Phi) is 4.59. The number of nitrogens with one attached hydrogen (secondary N) is 1. The summed E-state index contributed by atoms with van der Waals surface area (Å²) < 4.78 is 5.25. The highest BCUT2D eigenvalue weighted by Gasteiger charge is 2.19. The number of para-hydroxylation sites is 1. The van der Waals surface area contributed by atoms with E-state index in [2.05, 4.69) is 5.32 Å². The van der Waals surface area contributed by atoms with Crippen LogP contribution in [0.4, 0.5) is 0 Å². The monoisotopic (exact) mass is 248 g/mol. The van der Waals surface area contributed by atoms with E-state index in [1.807, 2.05) is 29.2 Å². The van der Waals surface area contributed by atoms with E-state index in [4.69, 9.17) is 4.74 Å². The largest absolute Gasteiger partial charge is 0.496 e. The maximum Gasteiger partial charge on any atom is 0.257 e. The van der Waals surface area contributed by atoms with Crippen LogP contribution in [0.5, 0.6) is 5.75 Å². The van der Waals surface area contributed by atoms with Crippen molar-refractivity contribution in [3.05, 3.63) is 29.8 Å². The Morgan fingerprint density at radius 1 is 1.22 bits per heavy atom. The fourth-order valence-corrected chi connectivity index (χ4v) is 2.20. The molecule has 1 aromatic carbocycles. The number of hydrogen-bond acceptors (Lipinski definition) is 3. The van der Waals surface area contributed by atoms with Gasteiger partial charge in [0, 0.05) is 19.6 Å². The van der Waals surface area contributed by atoms with Gasteiger partial charge < -0.3 is 15.0 Å². The average molecular weight is 248 g/mol. The predicted molar refractivity (Wildman–Crippen MR) is 71.0 cm³/mol. The summed E-state index contributed by atoms with van der Waals surface area (Å²) >= 11 is 0. The zero-order valence-electron chi connectivity index (χ0n) is 10.8. The molecule has 2 rings (SSSR count). The molecule has 1 aliphatic heterocycles. The number of amides is 1. The molecule has 0 saturated carbocycles. The standard InChI is InChI=1S/C14H20N2O2/c1-18-13-7-3-2-6-12(13)14(17)16-10-5-4-8-15-9-11-16/h2-3,6-7,15H,4-5,8-11H2,1H3. The molecule has 0 bridgehead atoms. The summed E-state index contributed by atoms with van der Waals surface area (Å²) in [5.41, 5.74) is 0.653. The third-order valence-corrected chi connectivity index (χ3v) is 3.21. The Hall–Kier alpha value is -1.55. The van der Waals surface area contributed by atoms with Crippen LogP contribution in [-0.2, 0) is 0 Å². The molecular formula is C14H20N2O2. The summed E-state index contributed by atoms with van der Waals surface area (Å²) in [4.78, 5) is 14.4. The lowest BCUT2D eigenvalue weighted by Crippen LogP contribution is -2.40. The number of rotatable bonds is 2. The highest BCUT2D eigenvalue weighted by Crippen LogP contribution is 2.19. The minimum absolute atomic E-state index is 0.0659.